The van der Waals surface area contributed by atoms with Crippen LogP contribution < -0.4 is 9.47 Å². The molecule has 9 heteroatoms. The summed E-state index contributed by atoms with van der Waals surface area (Å²) in [6, 6.07) is 6.39. The lowest BCUT2D eigenvalue weighted by atomic mass is 9.85. The Morgan fingerprint density at radius 1 is 1.00 bits per heavy atom. The van der Waals surface area contributed by atoms with Gasteiger partial charge in [0.05, 0.1) is 39.6 Å². The minimum atomic E-state index is -1.46. The molecule has 0 fully saturated rings. The average Bonchev–Trinajstić information content (AvgIpc) is 3.56. The third kappa shape index (κ3) is 3.01. The van der Waals surface area contributed by atoms with E-state index in [1.165, 1.54) is 34.5 Å². The second-order valence-corrected chi connectivity index (χ2v) is 6.98. The van der Waals surface area contributed by atoms with E-state index in [0.717, 1.165) is 0 Å². The minimum Gasteiger partial charge on any atom is -0.493 e. The smallest absolute Gasteiger partial charge is 0.338 e. The molecule has 166 valence electrons. The average molecular weight is 440 g/mol. The fraction of sp³-hybridized carbons (Fsp3) is 0.261. The van der Waals surface area contributed by atoms with Gasteiger partial charge in [-0.1, -0.05) is 6.08 Å². The van der Waals surface area contributed by atoms with Crippen molar-refractivity contribution in [2.45, 2.75) is 11.7 Å². The zero-order chi connectivity index (χ0) is 23.0. The lowest BCUT2D eigenvalue weighted by molar-refractivity contribution is -0.139. The van der Waals surface area contributed by atoms with E-state index in [1.54, 1.807) is 30.4 Å². The Morgan fingerprint density at radius 3 is 2.31 bits per heavy atom. The van der Waals surface area contributed by atoms with Gasteiger partial charge in [0.25, 0.3) is 0 Å². The molecule has 0 saturated carbocycles. The van der Waals surface area contributed by atoms with Crippen LogP contribution in [-0.4, -0.2) is 52.8 Å². The van der Waals surface area contributed by atoms with Crippen LogP contribution >= 0.6 is 0 Å². The van der Waals surface area contributed by atoms with Crippen molar-refractivity contribution < 1.29 is 42.5 Å². The molecule has 1 aromatic carbocycles. The first-order valence-corrected chi connectivity index (χ1v) is 9.54. The second kappa shape index (κ2) is 8.01. The predicted octanol–water partition coefficient (Wildman–Crippen LogP) is 2.58. The maximum Gasteiger partial charge on any atom is 0.338 e. The number of rotatable bonds is 7. The highest BCUT2D eigenvalue weighted by Gasteiger charge is 2.57. The summed E-state index contributed by atoms with van der Waals surface area (Å²) in [4.78, 5) is 36.7. The zero-order valence-electron chi connectivity index (χ0n) is 17.8. The van der Waals surface area contributed by atoms with Gasteiger partial charge < -0.3 is 28.1 Å². The molecule has 0 saturated heterocycles. The molecule has 2 atom stereocenters. The van der Waals surface area contributed by atoms with Crippen LogP contribution in [0.2, 0.25) is 0 Å². The lowest BCUT2D eigenvalue weighted by Crippen LogP contribution is -2.29. The van der Waals surface area contributed by atoms with E-state index in [2.05, 4.69) is 0 Å². The molecule has 0 unspecified atom stereocenters. The number of carbonyl (C=O) groups is 3. The molecule has 4 rings (SSSR count). The highest BCUT2D eigenvalue weighted by atomic mass is 16.6. The third-order valence-electron chi connectivity index (χ3n) is 5.46. The predicted molar refractivity (Wildman–Crippen MR) is 109 cm³/mol. The molecule has 2 aliphatic heterocycles. The van der Waals surface area contributed by atoms with Gasteiger partial charge in [0, 0.05) is 11.1 Å². The van der Waals surface area contributed by atoms with Gasteiger partial charge in [-0.15, -0.1) is 0 Å². The standard InChI is InChI=1S/C23H20O9/c1-27-16-9-12(11-24)13(10-17(16)28-2)14-5-6-18(31-14)23-8-7-15(32-23)19(21(25)29-3)20(23)22(26)30-4/h5-11,15H,1-4H3/t15-,23-/m0/s1. The van der Waals surface area contributed by atoms with Gasteiger partial charge in [0.1, 0.15) is 17.6 Å². The quantitative estimate of drug-likeness (QED) is 0.364. The fourth-order valence-corrected chi connectivity index (χ4v) is 3.98. The van der Waals surface area contributed by atoms with Crippen LogP contribution in [0.5, 0.6) is 11.5 Å². The molecular weight excluding hydrogens is 420 g/mol. The van der Waals surface area contributed by atoms with E-state index in [1.807, 2.05) is 0 Å². The second-order valence-electron chi connectivity index (χ2n) is 6.98. The molecule has 0 N–H and O–H groups in total. The number of aldehydes is 1. The van der Waals surface area contributed by atoms with Crippen LogP contribution in [0, 0.1) is 0 Å². The molecular formula is C23H20O9. The maximum absolute atomic E-state index is 12.6. The Morgan fingerprint density at radius 2 is 1.69 bits per heavy atom. The Kier molecular flexibility index (Phi) is 5.35. The van der Waals surface area contributed by atoms with Crippen molar-refractivity contribution in [2.24, 2.45) is 0 Å². The number of ether oxygens (including phenoxy) is 5. The van der Waals surface area contributed by atoms with Crippen LogP contribution in [0.3, 0.4) is 0 Å². The van der Waals surface area contributed by atoms with Gasteiger partial charge in [-0.2, -0.15) is 0 Å². The molecule has 0 amide bonds. The Balaban J connectivity index is 1.85. The van der Waals surface area contributed by atoms with Crippen LogP contribution in [0.1, 0.15) is 16.1 Å². The van der Waals surface area contributed by atoms with Crippen molar-refractivity contribution in [3.05, 3.63) is 58.9 Å². The van der Waals surface area contributed by atoms with Crippen LogP contribution in [-0.2, 0) is 29.4 Å². The zero-order valence-corrected chi connectivity index (χ0v) is 17.8. The number of esters is 2. The summed E-state index contributed by atoms with van der Waals surface area (Å²) in [6.07, 6.45) is 3.17. The number of benzene rings is 1. The molecule has 1 aromatic heterocycles. The molecule has 2 aromatic rings. The van der Waals surface area contributed by atoms with Crippen molar-refractivity contribution in [1.82, 2.24) is 0 Å². The number of methoxy groups -OCH3 is 4. The van der Waals surface area contributed by atoms with Gasteiger partial charge >= 0.3 is 11.9 Å². The Labute approximate surface area is 183 Å². The number of furan rings is 1. The number of carbonyl (C=O) groups excluding carboxylic acids is 3. The number of hydrogen-bond donors (Lipinski definition) is 0. The molecule has 3 heterocycles. The van der Waals surface area contributed by atoms with Crippen LogP contribution in [0.15, 0.2) is 52.0 Å². The van der Waals surface area contributed by atoms with Crippen LogP contribution in [0.4, 0.5) is 0 Å². The summed E-state index contributed by atoms with van der Waals surface area (Å²) in [6.45, 7) is 0. The fourth-order valence-electron chi connectivity index (χ4n) is 3.98. The normalized spacial score (nSPS) is 20.9. The van der Waals surface area contributed by atoms with Crippen LogP contribution in [0.25, 0.3) is 11.3 Å². The van der Waals surface area contributed by atoms with E-state index in [4.69, 9.17) is 28.1 Å². The first-order chi connectivity index (χ1) is 15.4. The summed E-state index contributed by atoms with van der Waals surface area (Å²) in [5, 5.41) is 0. The Hall–Kier alpha value is -3.85. The first kappa shape index (κ1) is 21.4. The number of hydrogen-bond acceptors (Lipinski definition) is 9. The highest BCUT2D eigenvalue weighted by molar-refractivity contribution is 6.05. The number of fused-ring (bicyclic) bond motifs is 2. The van der Waals surface area contributed by atoms with Gasteiger partial charge in [0.2, 0.25) is 0 Å². The molecule has 9 nitrogen and oxygen atoms in total. The minimum absolute atomic E-state index is 0.0110. The van der Waals surface area contributed by atoms with Gasteiger partial charge in [-0.25, -0.2) is 9.59 Å². The van der Waals surface area contributed by atoms with Crippen molar-refractivity contribution in [1.29, 1.82) is 0 Å². The third-order valence-corrected chi connectivity index (χ3v) is 5.46. The van der Waals surface area contributed by atoms with E-state index in [0.29, 0.717) is 34.7 Å². The topological polar surface area (TPSA) is 111 Å². The summed E-state index contributed by atoms with van der Waals surface area (Å²) >= 11 is 0. The molecule has 0 radical (unpaired) electrons. The monoisotopic (exact) mass is 440 g/mol. The molecule has 2 aliphatic rings. The van der Waals surface area contributed by atoms with Crippen molar-refractivity contribution in [2.75, 3.05) is 28.4 Å². The molecule has 32 heavy (non-hydrogen) atoms. The summed E-state index contributed by atoms with van der Waals surface area (Å²) in [5.41, 5.74) is -0.652. The van der Waals surface area contributed by atoms with Crippen molar-refractivity contribution in [3.63, 3.8) is 0 Å². The summed E-state index contributed by atoms with van der Waals surface area (Å²) in [5.74, 6) is -0.0782. The van der Waals surface area contributed by atoms with E-state index < -0.39 is 23.6 Å². The van der Waals surface area contributed by atoms with Gasteiger partial charge in [0.15, 0.2) is 23.4 Å². The van der Waals surface area contributed by atoms with E-state index >= 15 is 0 Å². The molecule has 0 aliphatic carbocycles. The lowest BCUT2D eigenvalue weighted by Gasteiger charge is -2.23. The van der Waals surface area contributed by atoms with E-state index in [9.17, 15) is 14.4 Å². The maximum atomic E-state index is 12.6. The SMILES string of the molecule is COC(=O)C1=C(C(=O)OC)[C@@]2(c3ccc(-c4cc(OC)c(OC)cc4C=O)o3)C=C[C@@H]1O2. The van der Waals surface area contributed by atoms with Gasteiger partial charge in [-0.05, 0) is 30.3 Å². The van der Waals surface area contributed by atoms with Crippen molar-refractivity contribution in [3.8, 4) is 22.8 Å². The highest BCUT2D eigenvalue weighted by Crippen LogP contribution is 2.51. The molecule has 2 bridgehead atoms. The largest absolute Gasteiger partial charge is 0.493 e. The first-order valence-electron chi connectivity index (χ1n) is 9.54. The summed E-state index contributed by atoms with van der Waals surface area (Å²) in [7, 11) is 5.37. The molecule has 0 spiro atoms. The Bertz CT molecular complexity index is 1170. The summed E-state index contributed by atoms with van der Waals surface area (Å²) < 4.78 is 32.4. The van der Waals surface area contributed by atoms with Crippen molar-refractivity contribution >= 4 is 18.2 Å². The van der Waals surface area contributed by atoms with Gasteiger partial charge in [-0.3, -0.25) is 4.79 Å². The van der Waals surface area contributed by atoms with E-state index in [-0.39, 0.29) is 16.9 Å².